The van der Waals surface area contributed by atoms with Crippen LogP contribution < -0.4 is 16.4 Å². The van der Waals surface area contributed by atoms with Crippen molar-refractivity contribution in [2.45, 2.75) is 64.8 Å². The van der Waals surface area contributed by atoms with Gasteiger partial charge in [0.2, 0.25) is 11.8 Å². The number of Topliss-reactive ketones (excluding diaryl/α,β-unsaturated/α-hetero) is 1. The fourth-order valence-corrected chi connectivity index (χ4v) is 4.05. The molecule has 5 N–H and O–H groups in total. The highest BCUT2D eigenvalue weighted by atomic mass is 16.5. The Morgan fingerprint density at radius 3 is 2.51 bits per heavy atom. The van der Waals surface area contributed by atoms with E-state index in [1.807, 2.05) is 26.0 Å². The van der Waals surface area contributed by atoms with E-state index in [1.54, 1.807) is 12.1 Å². The molecule has 2 heterocycles. The van der Waals surface area contributed by atoms with Crippen LogP contribution in [0.3, 0.4) is 0 Å². The molecule has 9 heteroatoms. The highest BCUT2D eigenvalue weighted by Gasteiger charge is 2.28. The van der Waals surface area contributed by atoms with Crippen LogP contribution in [0.15, 0.2) is 24.3 Å². The third-order valence-corrected chi connectivity index (χ3v) is 6.30. The standard InChI is InChI=1S/C26H39N3O6/c1-17(2)23-16-35-12-10-24(31)28-21-8-6-18(7-9-21)13-20(25(32)29-23)15-22(30)14-19(26(33)34)5-3-4-11-27/h6-9,17,19-20,23H,3-5,10-16,27H2,1-2H3,(H,28,31)(H,29,32)(H,33,34)/t19-,20+,23-/m1/s1. The van der Waals surface area contributed by atoms with Crippen LogP contribution in [0.4, 0.5) is 5.69 Å². The molecule has 9 nitrogen and oxygen atoms in total. The van der Waals surface area contributed by atoms with Gasteiger partial charge in [-0.3, -0.25) is 19.2 Å². The molecule has 0 spiro atoms. The van der Waals surface area contributed by atoms with Crippen molar-refractivity contribution >= 4 is 29.3 Å². The smallest absolute Gasteiger partial charge is 0.306 e. The van der Waals surface area contributed by atoms with Gasteiger partial charge in [0, 0.05) is 24.4 Å². The fraction of sp³-hybridized carbons (Fsp3) is 0.615. The summed E-state index contributed by atoms with van der Waals surface area (Å²) in [5.74, 6) is -3.00. The number of ether oxygens (including phenoxy) is 1. The van der Waals surface area contributed by atoms with Crippen molar-refractivity contribution in [2.24, 2.45) is 23.5 Å². The summed E-state index contributed by atoms with van der Waals surface area (Å²) in [6, 6.07) is 6.89. The maximum atomic E-state index is 13.3. The molecular formula is C26H39N3O6. The van der Waals surface area contributed by atoms with E-state index in [9.17, 15) is 24.3 Å². The number of benzene rings is 1. The predicted octanol–water partition coefficient (Wildman–Crippen LogP) is 2.52. The minimum Gasteiger partial charge on any atom is -0.481 e. The zero-order valence-corrected chi connectivity index (χ0v) is 20.8. The number of hydrogen-bond donors (Lipinski definition) is 4. The van der Waals surface area contributed by atoms with Crippen molar-refractivity contribution in [1.82, 2.24) is 5.32 Å². The lowest BCUT2D eigenvalue weighted by Crippen LogP contribution is -2.45. The molecule has 0 saturated heterocycles. The summed E-state index contributed by atoms with van der Waals surface area (Å²) >= 11 is 0. The molecule has 2 aliphatic rings. The first-order valence-electron chi connectivity index (χ1n) is 12.4. The van der Waals surface area contributed by atoms with Gasteiger partial charge in [0.05, 0.1) is 31.6 Å². The lowest BCUT2D eigenvalue weighted by Gasteiger charge is -2.25. The van der Waals surface area contributed by atoms with Gasteiger partial charge in [-0.25, -0.2) is 0 Å². The summed E-state index contributed by atoms with van der Waals surface area (Å²) in [6.07, 6.45) is 2.11. The van der Waals surface area contributed by atoms with Crippen LogP contribution in [0.1, 0.15) is 57.9 Å². The molecule has 35 heavy (non-hydrogen) atoms. The summed E-state index contributed by atoms with van der Waals surface area (Å²) in [5, 5.41) is 15.4. The number of hydrogen-bond acceptors (Lipinski definition) is 6. The highest BCUT2D eigenvalue weighted by Crippen LogP contribution is 2.21. The molecule has 3 atom stereocenters. The van der Waals surface area contributed by atoms with Gasteiger partial charge < -0.3 is 26.2 Å². The molecule has 2 amide bonds. The zero-order chi connectivity index (χ0) is 25.8. The van der Waals surface area contributed by atoms with Crippen LogP contribution in [0.2, 0.25) is 0 Å². The van der Waals surface area contributed by atoms with Crippen LogP contribution in [0.5, 0.6) is 0 Å². The maximum absolute atomic E-state index is 13.3. The predicted molar refractivity (Wildman–Crippen MR) is 133 cm³/mol. The van der Waals surface area contributed by atoms with E-state index < -0.39 is 17.8 Å². The van der Waals surface area contributed by atoms with Crippen LogP contribution in [-0.4, -0.2) is 54.5 Å². The van der Waals surface area contributed by atoms with Gasteiger partial charge in [-0.2, -0.15) is 0 Å². The van der Waals surface area contributed by atoms with Crippen LogP contribution in [0, 0.1) is 17.8 Å². The Morgan fingerprint density at radius 2 is 1.89 bits per heavy atom. The number of aliphatic carboxylic acids is 1. The molecule has 3 rings (SSSR count). The number of nitrogens with one attached hydrogen (secondary N) is 2. The van der Waals surface area contributed by atoms with Gasteiger partial charge in [0.1, 0.15) is 5.78 Å². The Bertz CT molecular complexity index is 855. The second-order valence-electron chi connectivity index (χ2n) is 9.60. The van der Waals surface area contributed by atoms with Crippen molar-refractivity contribution in [1.29, 1.82) is 0 Å². The first-order chi connectivity index (χ1) is 16.7. The Morgan fingerprint density at radius 1 is 1.17 bits per heavy atom. The number of carbonyl (C=O) groups is 4. The summed E-state index contributed by atoms with van der Waals surface area (Å²) in [4.78, 5) is 49.9. The third-order valence-electron chi connectivity index (χ3n) is 6.30. The Balaban J connectivity index is 2.19. The molecule has 2 aliphatic heterocycles. The number of nitrogens with two attached hydrogens (primary N) is 1. The summed E-state index contributed by atoms with van der Waals surface area (Å²) in [5.41, 5.74) is 6.99. The van der Waals surface area contributed by atoms with Crippen molar-refractivity contribution in [3.63, 3.8) is 0 Å². The molecule has 1 aromatic carbocycles. The van der Waals surface area contributed by atoms with Gasteiger partial charge in [0.25, 0.3) is 0 Å². The molecule has 0 aliphatic carbocycles. The molecule has 1 aromatic rings. The summed E-state index contributed by atoms with van der Waals surface area (Å²) < 4.78 is 5.66. The number of carboxylic acid groups (broad SMARTS) is 1. The number of carboxylic acids is 1. The maximum Gasteiger partial charge on any atom is 0.306 e. The summed E-state index contributed by atoms with van der Waals surface area (Å²) in [7, 11) is 0. The minimum atomic E-state index is -1.00. The van der Waals surface area contributed by atoms with Crippen molar-refractivity contribution in [2.75, 3.05) is 25.1 Å². The first kappa shape index (κ1) is 28.5. The van der Waals surface area contributed by atoms with Crippen LogP contribution >= 0.6 is 0 Å². The van der Waals surface area contributed by atoms with E-state index in [0.717, 1.165) is 5.56 Å². The number of amides is 2. The zero-order valence-electron chi connectivity index (χ0n) is 20.8. The second kappa shape index (κ2) is 14.6. The molecule has 0 aromatic heterocycles. The Labute approximate surface area is 207 Å². The molecule has 0 unspecified atom stereocenters. The first-order valence-corrected chi connectivity index (χ1v) is 12.4. The number of unbranched alkanes of at least 4 members (excludes halogenated alkanes) is 1. The normalized spacial score (nSPS) is 20.5. The molecule has 194 valence electrons. The quantitative estimate of drug-likeness (QED) is 0.369. The highest BCUT2D eigenvalue weighted by molar-refractivity contribution is 5.91. The SMILES string of the molecule is CC(C)[C@H]1COCCC(=O)Nc2ccc(cc2)C[C@@H](CC(=O)C[C@@H](CCCCN)C(=O)O)C(=O)N1. The minimum absolute atomic E-state index is 0.0450. The van der Waals surface area contributed by atoms with Crippen molar-refractivity contribution in [3.8, 4) is 0 Å². The van der Waals surface area contributed by atoms with Crippen molar-refractivity contribution in [3.05, 3.63) is 29.8 Å². The topological polar surface area (TPSA) is 148 Å². The van der Waals surface area contributed by atoms with Gasteiger partial charge in [-0.05, 0) is 49.4 Å². The molecule has 0 saturated carbocycles. The van der Waals surface area contributed by atoms with Gasteiger partial charge in [-0.15, -0.1) is 0 Å². The van der Waals surface area contributed by atoms with E-state index in [1.165, 1.54) is 0 Å². The van der Waals surface area contributed by atoms with E-state index in [4.69, 9.17) is 10.5 Å². The Hall–Kier alpha value is -2.78. The van der Waals surface area contributed by atoms with Crippen LogP contribution in [0.25, 0.3) is 0 Å². The van der Waals surface area contributed by atoms with Gasteiger partial charge in [-0.1, -0.05) is 32.4 Å². The lowest BCUT2D eigenvalue weighted by atomic mass is 9.88. The largest absolute Gasteiger partial charge is 0.481 e. The number of ketones is 1. The molecule has 0 fully saturated rings. The van der Waals surface area contributed by atoms with E-state index in [0.29, 0.717) is 37.9 Å². The lowest BCUT2D eigenvalue weighted by molar-refractivity contribution is -0.144. The molecule has 0 radical (unpaired) electrons. The van der Waals surface area contributed by atoms with E-state index in [2.05, 4.69) is 10.6 Å². The van der Waals surface area contributed by atoms with Crippen LogP contribution in [-0.2, 0) is 30.3 Å². The number of fused-ring (bicyclic) bond motifs is 12. The second-order valence-corrected chi connectivity index (χ2v) is 9.60. The van der Waals surface area contributed by atoms with E-state index in [-0.39, 0.29) is 62.0 Å². The number of anilines is 1. The summed E-state index contributed by atoms with van der Waals surface area (Å²) in [6.45, 7) is 4.89. The molecular weight excluding hydrogens is 450 g/mol. The molecule has 2 bridgehead atoms. The number of carbonyl (C=O) groups excluding carboxylic acids is 3. The van der Waals surface area contributed by atoms with Gasteiger partial charge in [0.15, 0.2) is 0 Å². The third kappa shape index (κ3) is 10.2. The Kier molecular flexibility index (Phi) is 11.9. The van der Waals surface area contributed by atoms with Crippen molar-refractivity contribution < 1.29 is 29.0 Å². The fourth-order valence-electron chi connectivity index (χ4n) is 4.05. The number of rotatable bonds is 10. The van der Waals surface area contributed by atoms with E-state index >= 15 is 0 Å². The monoisotopic (exact) mass is 489 g/mol. The van der Waals surface area contributed by atoms with Gasteiger partial charge >= 0.3 is 5.97 Å². The average molecular weight is 490 g/mol. The average Bonchev–Trinajstić information content (AvgIpc) is 2.81.